The molecule has 0 radical (unpaired) electrons. The number of hydrogen-bond donors (Lipinski definition) is 1. The van der Waals surface area contributed by atoms with Crippen LogP contribution in [-0.2, 0) is 0 Å². The first kappa shape index (κ1) is 14.4. The Morgan fingerprint density at radius 2 is 1.95 bits per heavy atom. The van der Waals surface area contributed by atoms with Crippen molar-refractivity contribution in [2.24, 2.45) is 5.92 Å². The first-order valence-corrected chi connectivity index (χ1v) is 8.67. The van der Waals surface area contributed by atoms with Crippen LogP contribution in [0, 0.1) is 17.2 Å². The minimum Gasteiger partial charge on any atom is -0.300 e. The summed E-state index contributed by atoms with van der Waals surface area (Å²) in [6.07, 6.45) is 11.4. The summed E-state index contributed by atoms with van der Waals surface area (Å²) in [7, 11) is 0. The second-order valence-corrected chi connectivity index (χ2v) is 7.24. The van der Waals surface area contributed by atoms with Gasteiger partial charge in [-0.3, -0.25) is 5.32 Å². The molecule has 3 fully saturated rings. The van der Waals surface area contributed by atoms with E-state index in [2.05, 4.69) is 23.2 Å². The average Bonchev–Trinajstić information content (AvgIpc) is 3.26. The lowest BCUT2D eigenvalue weighted by atomic mass is 9.91. The van der Waals surface area contributed by atoms with Crippen LogP contribution in [0.15, 0.2) is 0 Å². The molecule has 0 aliphatic heterocycles. The molecule has 0 spiro atoms. The largest absolute Gasteiger partial charge is 0.300 e. The molecule has 0 aromatic carbocycles. The third-order valence-electron chi connectivity index (χ3n) is 5.18. The van der Waals surface area contributed by atoms with E-state index >= 15 is 0 Å². The van der Waals surface area contributed by atoms with Gasteiger partial charge in [0.15, 0.2) is 0 Å². The molecular formula is C17H29N3. The quantitative estimate of drug-likeness (QED) is 0.666. The predicted molar refractivity (Wildman–Crippen MR) is 81.3 cm³/mol. The van der Waals surface area contributed by atoms with E-state index in [0.717, 1.165) is 24.8 Å². The zero-order chi connectivity index (χ0) is 14.0. The van der Waals surface area contributed by atoms with Crippen LogP contribution in [0.3, 0.4) is 0 Å². The molecule has 0 amide bonds. The second-order valence-electron chi connectivity index (χ2n) is 7.24. The Balaban J connectivity index is 1.44. The van der Waals surface area contributed by atoms with Gasteiger partial charge in [-0.2, -0.15) is 5.26 Å². The normalized spacial score (nSPS) is 25.4. The maximum atomic E-state index is 9.57. The fraction of sp³-hybridized carbons (Fsp3) is 0.941. The molecule has 0 aromatic rings. The zero-order valence-electron chi connectivity index (χ0n) is 12.9. The van der Waals surface area contributed by atoms with Crippen molar-refractivity contribution in [3.8, 4) is 6.07 Å². The van der Waals surface area contributed by atoms with Gasteiger partial charge in [0.05, 0.1) is 6.07 Å². The van der Waals surface area contributed by atoms with Crippen LogP contribution in [0.2, 0.25) is 0 Å². The van der Waals surface area contributed by atoms with Gasteiger partial charge in [-0.05, 0) is 70.3 Å². The molecule has 1 atom stereocenters. The number of rotatable bonds is 10. The van der Waals surface area contributed by atoms with E-state index < -0.39 is 0 Å². The summed E-state index contributed by atoms with van der Waals surface area (Å²) in [5.41, 5.74) is -0.254. The molecule has 0 saturated heterocycles. The number of nitriles is 1. The second kappa shape index (κ2) is 6.03. The summed E-state index contributed by atoms with van der Waals surface area (Å²) in [6, 6.07) is 4.08. The number of nitrogens with one attached hydrogen (secondary N) is 1. The molecule has 0 heterocycles. The third kappa shape index (κ3) is 3.96. The SMILES string of the molecule is CCC(C#N)(CCCN(CC1CC1)C1CC1)NC1CC1. The van der Waals surface area contributed by atoms with E-state index in [-0.39, 0.29) is 5.54 Å². The van der Waals surface area contributed by atoms with Gasteiger partial charge in [-0.1, -0.05) is 6.92 Å². The van der Waals surface area contributed by atoms with Gasteiger partial charge < -0.3 is 4.90 Å². The zero-order valence-corrected chi connectivity index (χ0v) is 12.9. The lowest BCUT2D eigenvalue weighted by molar-refractivity contribution is 0.234. The fourth-order valence-electron chi connectivity index (χ4n) is 3.22. The van der Waals surface area contributed by atoms with Crippen molar-refractivity contribution in [1.29, 1.82) is 5.26 Å². The van der Waals surface area contributed by atoms with Gasteiger partial charge in [0, 0.05) is 18.6 Å². The highest BCUT2D eigenvalue weighted by Gasteiger charge is 2.36. The number of nitrogens with zero attached hydrogens (tertiary/aromatic N) is 2. The van der Waals surface area contributed by atoms with Crippen LogP contribution in [0.5, 0.6) is 0 Å². The summed E-state index contributed by atoms with van der Waals surface area (Å²) in [5.74, 6) is 0.993. The Morgan fingerprint density at radius 3 is 2.45 bits per heavy atom. The average molecular weight is 275 g/mol. The highest BCUT2D eigenvalue weighted by Crippen LogP contribution is 2.35. The van der Waals surface area contributed by atoms with E-state index in [9.17, 15) is 5.26 Å². The maximum absolute atomic E-state index is 9.57. The lowest BCUT2D eigenvalue weighted by Gasteiger charge is -2.29. The predicted octanol–water partition coefficient (Wildman–Crippen LogP) is 3.07. The lowest BCUT2D eigenvalue weighted by Crippen LogP contribution is -2.45. The monoisotopic (exact) mass is 275 g/mol. The molecule has 1 unspecified atom stereocenters. The minimum absolute atomic E-state index is 0.254. The summed E-state index contributed by atoms with van der Waals surface area (Å²) in [6.45, 7) is 4.69. The molecule has 112 valence electrons. The Morgan fingerprint density at radius 1 is 1.20 bits per heavy atom. The van der Waals surface area contributed by atoms with Crippen molar-refractivity contribution in [1.82, 2.24) is 10.2 Å². The van der Waals surface area contributed by atoms with E-state index in [1.807, 2.05) is 0 Å². The summed E-state index contributed by atoms with van der Waals surface area (Å²) >= 11 is 0. The summed E-state index contributed by atoms with van der Waals surface area (Å²) < 4.78 is 0. The molecule has 0 aromatic heterocycles. The molecule has 3 heteroatoms. The van der Waals surface area contributed by atoms with Crippen molar-refractivity contribution < 1.29 is 0 Å². The standard InChI is InChI=1S/C17H29N3/c1-2-17(13-18,19-15-6-7-15)10-3-11-20(16-8-9-16)12-14-4-5-14/h14-16,19H,2-12H2,1H3. The molecule has 3 aliphatic rings. The minimum atomic E-state index is -0.254. The van der Waals surface area contributed by atoms with Crippen LogP contribution in [0.4, 0.5) is 0 Å². The van der Waals surface area contributed by atoms with Crippen molar-refractivity contribution in [3.05, 3.63) is 0 Å². The smallest absolute Gasteiger partial charge is 0.106 e. The van der Waals surface area contributed by atoms with Crippen molar-refractivity contribution in [2.75, 3.05) is 13.1 Å². The summed E-state index contributed by atoms with van der Waals surface area (Å²) in [4.78, 5) is 2.71. The summed E-state index contributed by atoms with van der Waals surface area (Å²) in [5, 5.41) is 13.2. The Kier molecular flexibility index (Phi) is 4.33. The van der Waals surface area contributed by atoms with Crippen molar-refractivity contribution in [2.45, 2.75) is 82.3 Å². The van der Waals surface area contributed by atoms with Gasteiger partial charge in [-0.25, -0.2) is 0 Å². The van der Waals surface area contributed by atoms with E-state index in [1.54, 1.807) is 0 Å². The van der Waals surface area contributed by atoms with Crippen LogP contribution in [-0.4, -0.2) is 35.6 Å². The molecule has 20 heavy (non-hydrogen) atoms. The maximum Gasteiger partial charge on any atom is 0.106 e. The fourth-order valence-corrected chi connectivity index (χ4v) is 3.22. The van der Waals surface area contributed by atoms with E-state index in [4.69, 9.17) is 0 Å². The molecule has 3 aliphatic carbocycles. The van der Waals surface area contributed by atoms with Gasteiger partial charge in [0.2, 0.25) is 0 Å². The van der Waals surface area contributed by atoms with Gasteiger partial charge in [-0.15, -0.1) is 0 Å². The van der Waals surface area contributed by atoms with Gasteiger partial charge in [0.25, 0.3) is 0 Å². The highest BCUT2D eigenvalue weighted by molar-refractivity contribution is 5.09. The van der Waals surface area contributed by atoms with E-state index in [0.29, 0.717) is 6.04 Å². The van der Waals surface area contributed by atoms with Crippen LogP contribution in [0.25, 0.3) is 0 Å². The molecule has 3 rings (SSSR count). The first-order chi connectivity index (χ1) is 9.74. The highest BCUT2D eigenvalue weighted by atomic mass is 15.2. The number of hydrogen-bond acceptors (Lipinski definition) is 3. The van der Waals surface area contributed by atoms with Gasteiger partial charge >= 0.3 is 0 Å². The molecular weight excluding hydrogens is 246 g/mol. The Hall–Kier alpha value is -0.590. The van der Waals surface area contributed by atoms with Crippen LogP contribution in [0.1, 0.15) is 64.7 Å². The van der Waals surface area contributed by atoms with Crippen molar-refractivity contribution in [3.63, 3.8) is 0 Å². The molecule has 3 nitrogen and oxygen atoms in total. The Bertz CT molecular complexity index is 363. The van der Waals surface area contributed by atoms with Crippen molar-refractivity contribution >= 4 is 0 Å². The first-order valence-electron chi connectivity index (χ1n) is 8.67. The molecule has 3 saturated carbocycles. The topological polar surface area (TPSA) is 39.1 Å². The van der Waals surface area contributed by atoms with Crippen LogP contribution >= 0.6 is 0 Å². The molecule has 0 bridgehead atoms. The van der Waals surface area contributed by atoms with E-state index in [1.165, 1.54) is 58.0 Å². The third-order valence-corrected chi connectivity index (χ3v) is 5.18. The van der Waals surface area contributed by atoms with Gasteiger partial charge in [0.1, 0.15) is 5.54 Å². The molecule has 1 N–H and O–H groups in total. The Labute approximate surface area is 123 Å². The van der Waals surface area contributed by atoms with Crippen LogP contribution < -0.4 is 5.32 Å².